The molecule has 1 unspecified atom stereocenters. The molecule has 0 saturated heterocycles. The van der Waals surface area contributed by atoms with E-state index in [9.17, 15) is 9.59 Å². The van der Waals surface area contributed by atoms with E-state index in [0.717, 1.165) is 33.0 Å². The Labute approximate surface area is 255 Å². The molecule has 216 valence electrons. The number of fused-ring (bicyclic) bond motifs is 1. The summed E-state index contributed by atoms with van der Waals surface area (Å²) in [6, 6.07) is 18.9. The summed E-state index contributed by atoms with van der Waals surface area (Å²) >= 11 is 2.77. The molecule has 43 heavy (non-hydrogen) atoms. The maximum absolute atomic E-state index is 14.1. The van der Waals surface area contributed by atoms with Gasteiger partial charge in [-0.05, 0) is 67.3 Å². The molecule has 10 heteroatoms. The van der Waals surface area contributed by atoms with Crippen LogP contribution in [0.1, 0.15) is 29.0 Å². The Bertz CT molecular complexity index is 2050. The molecule has 1 atom stereocenters. The Morgan fingerprint density at radius 2 is 1.93 bits per heavy atom. The van der Waals surface area contributed by atoms with Gasteiger partial charge in [0.15, 0.2) is 4.80 Å². The molecule has 1 aliphatic rings. The molecule has 0 spiro atoms. The Morgan fingerprint density at radius 3 is 2.63 bits per heavy atom. The molecule has 0 aliphatic carbocycles. The Morgan fingerprint density at radius 1 is 1.12 bits per heavy atom. The number of aryl methyl sites for hydroxylation is 1. The zero-order valence-corrected chi connectivity index (χ0v) is 25.4. The lowest BCUT2D eigenvalue weighted by Crippen LogP contribution is -2.39. The van der Waals surface area contributed by atoms with Crippen molar-refractivity contribution in [1.29, 1.82) is 0 Å². The topological polar surface area (TPSA) is 87.7 Å². The summed E-state index contributed by atoms with van der Waals surface area (Å²) in [5, 5.41) is 6.86. The number of ether oxygens (including phenoxy) is 2. The van der Waals surface area contributed by atoms with E-state index >= 15 is 0 Å². The first-order valence-corrected chi connectivity index (χ1v) is 15.2. The molecule has 0 fully saturated rings. The van der Waals surface area contributed by atoms with E-state index in [1.54, 1.807) is 17.6 Å². The fourth-order valence-corrected chi connectivity index (χ4v) is 6.95. The first-order valence-electron chi connectivity index (χ1n) is 13.5. The van der Waals surface area contributed by atoms with E-state index in [0.29, 0.717) is 32.9 Å². The van der Waals surface area contributed by atoms with Crippen LogP contribution in [0.4, 0.5) is 0 Å². The number of nitrogens with zero attached hydrogens (tertiary/aromatic N) is 4. The highest BCUT2D eigenvalue weighted by molar-refractivity contribution is 7.10. The lowest BCUT2D eigenvalue weighted by molar-refractivity contribution is -0.136. The molecular formula is C33H28N4O4S2. The van der Waals surface area contributed by atoms with Crippen LogP contribution in [-0.2, 0) is 9.53 Å². The molecular weight excluding hydrogens is 581 g/mol. The normalized spacial score (nSPS) is 14.8. The van der Waals surface area contributed by atoms with Crippen LogP contribution in [0.15, 0.2) is 106 Å². The van der Waals surface area contributed by atoms with Crippen LogP contribution in [0.3, 0.4) is 0 Å². The van der Waals surface area contributed by atoms with Gasteiger partial charge in [0.2, 0.25) is 0 Å². The van der Waals surface area contributed by atoms with Crippen LogP contribution in [0, 0.1) is 6.92 Å². The molecule has 4 heterocycles. The number of carbonyl (C=O) groups is 1. The summed E-state index contributed by atoms with van der Waals surface area (Å²) in [5.41, 5.74) is 4.88. The van der Waals surface area contributed by atoms with Gasteiger partial charge in [0, 0.05) is 22.2 Å². The van der Waals surface area contributed by atoms with Crippen molar-refractivity contribution >= 4 is 34.7 Å². The Hall–Kier alpha value is -4.80. The van der Waals surface area contributed by atoms with Gasteiger partial charge in [0.05, 0.1) is 28.6 Å². The number of methoxy groups -OCH3 is 1. The van der Waals surface area contributed by atoms with Crippen molar-refractivity contribution < 1.29 is 14.3 Å². The number of thiazole rings is 1. The van der Waals surface area contributed by atoms with Gasteiger partial charge in [-0.1, -0.05) is 48.3 Å². The highest BCUT2D eigenvalue weighted by Crippen LogP contribution is 2.33. The minimum absolute atomic E-state index is 0.237. The maximum atomic E-state index is 14.1. The van der Waals surface area contributed by atoms with Crippen LogP contribution < -0.4 is 19.6 Å². The van der Waals surface area contributed by atoms with Crippen molar-refractivity contribution in [3.63, 3.8) is 0 Å². The summed E-state index contributed by atoms with van der Waals surface area (Å²) in [6.45, 7) is 7.90. The Kier molecular flexibility index (Phi) is 7.79. The first-order chi connectivity index (χ1) is 20.9. The van der Waals surface area contributed by atoms with Gasteiger partial charge in [-0.15, -0.1) is 11.3 Å². The highest BCUT2D eigenvalue weighted by Gasteiger charge is 2.33. The number of aromatic nitrogens is 3. The molecule has 5 aromatic rings. The molecule has 0 N–H and O–H groups in total. The van der Waals surface area contributed by atoms with E-state index in [-0.39, 0.29) is 5.56 Å². The van der Waals surface area contributed by atoms with Crippen LogP contribution in [0.5, 0.6) is 5.75 Å². The highest BCUT2D eigenvalue weighted by atomic mass is 32.1. The summed E-state index contributed by atoms with van der Waals surface area (Å²) in [7, 11) is 1.34. The minimum atomic E-state index is -0.622. The van der Waals surface area contributed by atoms with E-state index in [2.05, 4.69) is 11.6 Å². The fourth-order valence-electron chi connectivity index (χ4n) is 5.09. The molecule has 3 aromatic heterocycles. The summed E-state index contributed by atoms with van der Waals surface area (Å²) in [6.07, 6.45) is 5.48. The number of rotatable bonds is 8. The second-order valence-corrected chi connectivity index (χ2v) is 11.9. The van der Waals surface area contributed by atoms with E-state index in [4.69, 9.17) is 14.6 Å². The number of para-hydroxylation sites is 1. The van der Waals surface area contributed by atoms with Crippen LogP contribution in [-0.4, -0.2) is 34.0 Å². The summed E-state index contributed by atoms with van der Waals surface area (Å²) in [4.78, 5) is 33.0. The number of benzene rings is 2. The van der Waals surface area contributed by atoms with Gasteiger partial charge in [0.25, 0.3) is 5.56 Å². The molecule has 2 aromatic carbocycles. The van der Waals surface area contributed by atoms with Crippen molar-refractivity contribution in [1.82, 2.24) is 14.3 Å². The SMILES string of the molecule is C=CCOc1ccc(-c2nn(-c3ccccc3)cc2/C=c2\sc3n(c2=O)C(c2cccs2)C(C(=O)OC)=C(C)N=3)cc1C. The third kappa shape index (κ3) is 5.31. The third-order valence-electron chi connectivity index (χ3n) is 7.09. The van der Waals surface area contributed by atoms with E-state index in [1.165, 1.54) is 29.8 Å². The van der Waals surface area contributed by atoms with Gasteiger partial charge in [-0.2, -0.15) is 5.10 Å². The van der Waals surface area contributed by atoms with Crippen molar-refractivity contribution in [2.45, 2.75) is 19.9 Å². The average molecular weight is 609 g/mol. The molecule has 0 saturated carbocycles. The lowest BCUT2D eigenvalue weighted by atomic mass is 10.0. The van der Waals surface area contributed by atoms with Crippen molar-refractivity contribution in [3.05, 3.63) is 132 Å². The largest absolute Gasteiger partial charge is 0.489 e. The maximum Gasteiger partial charge on any atom is 0.338 e. The molecule has 6 rings (SSSR count). The smallest absolute Gasteiger partial charge is 0.338 e. The molecule has 0 radical (unpaired) electrons. The van der Waals surface area contributed by atoms with Crippen molar-refractivity contribution in [2.75, 3.05) is 13.7 Å². The zero-order valence-electron chi connectivity index (χ0n) is 23.8. The van der Waals surface area contributed by atoms with Gasteiger partial charge < -0.3 is 9.47 Å². The summed E-state index contributed by atoms with van der Waals surface area (Å²) < 4.78 is 14.8. The number of allylic oxidation sites excluding steroid dienone is 1. The molecule has 1 aliphatic heterocycles. The standard InChI is InChI=1S/C33H28N4O4S2/c1-5-15-41-25-14-13-22(17-20(25)2)29-23(19-36(35-29)24-10-7-6-8-11-24)18-27-31(38)37-30(26-12-9-16-42-26)28(32(39)40-4)21(3)34-33(37)43-27/h5-14,16-19,30H,1,15H2,2-4H3/b27-18-. The third-order valence-corrected chi connectivity index (χ3v) is 9.00. The number of hydrogen-bond acceptors (Lipinski definition) is 8. The van der Waals surface area contributed by atoms with Crippen LogP contribution in [0.2, 0.25) is 0 Å². The quantitative estimate of drug-likeness (QED) is 0.179. The summed E-state index contributed by atoms with van der Waals surface area (Å²) in [5.74, 6) is 0.266. The molecule has 0 bridgehead atoms. The fraction of sp³-hybridized carbons (Fsp3) is 0.152. The number of hydrogen-bond donors (Lipinski definition) is 0. The first kappa shape index (κ1) is 28.3. The van der Waals surface area contributed by atoms with Crippen molar-refractivity contribution in [3.8, 4) is 22.7 Å². The zero-order chi connectivity index (χ0) is 30.1. The van der Waals surface area contributed by atoms with E-state index in [1.807, 2.05) is 89.9 Å². The second kappa shape index (κ2) is 11.8. The van der Waals surface area contributed by atoms with Gasteiger partial charge in [-0.3, -0.25) is 9.36 Å². The monoisotopic (exact) mass is 608 g/mol. The average Bonchev–Trinajstić information content (AvgIpc) is 3.76. The molecule has 8 nitrogen and oxygen atoms in total. The number of carbonyl (C=O) groups excluding carboxylic acids is 1. The predicted molar refractivity (Wildman–Crippen MR) is 170 cm³/mol. The van der Waals surface area contributed by atoms with Gasteiger partial charge in [0.1, 0.15) is 24.1 Å². The Balaban J connectivity index is 1.53. The second-order valence-electron chi connectivity index (χ2n) is 9.88. The minimum Gasteiger partial charge on any atom is -0.489 e. The van der Waals surface area contributed by atoms with E-state index < -0.39 is 12.0 Å². The van der Waals surface area contributed by atoms with Crippen LogP contribution >= 0.6 is 22.7 Å². The number of esters is 1. The van der Waals surface area contributed by atoms with Gasteiger partial charge in [-0.25, -0.2) is 14.5 Å². The molecule has 0 amide bonds. The van der Waals surface area contributed by atoms with Crippen molar-refractivity contribution in [2.24, 2.45) is 4.99 Å². The lowest BCUT2D eigenvalue weighted by Gasteiger charge is -2.22. The number of thiophene rings is 1. The van der Waals surface area contributed by atoms with Crippen LogP contribution in [0.25, 0.3) is 23.0 Å². The van der Waals surface area contributed by atoms with Gasteiger partial charge >= 0.3 is 5.97 Å². The predicted octanol–water partition coefficient (Wildman–Crippen LogP) is 5.20.